The minimum Gasteiger partial charge on any atom is -0.393 e. The van der Waals surface area contributed by atoms with E-state index in [4.69, 9.17) is 5.11 Å². The summed E-state index contributed by atoms with van der Waals surface area (Å²) in [4.78, 5) is 2.39. The van der Waals surface area contributed by atoms with E-state index in [0.29, 0.717) is 5.69 Å². The minimum atomic E-state index is -0.870. The van der Waals surface area contributed by atoms with Crippen molar-refractivity contribution in [1.29, 1.82) is 0 Å². The molecule has 0 fully saturated rings. The first-order valence-corrected chi connectivity index (χ1v) is 6.83. The van der Waals surface area contributed by atoms with Crippen molar-refractivity contribution in [3.63, 3.8) is 0 Å². The van der Waals surface area contributed by atoms with Gasteiger partial charge in [0.2, 0.25) is 0 Å². The van der Waals surface area contributed by atoms with Crippen LogP contribution < -0.4 is 0 Å². The van der Waals surface area contributed by atoms with Crippen molar-refractivity contribution in [3.05, 3.63) is 29.1 Å². The maximum atomic E-state index is 9.65. The molecular formula is C14H23N3O2. The van der Waals surface area contributed by atoms with E-state index in [1.165, 1.54) is 5.57 Å². The molecule has 0 aromatic carbocycles. The predicted octanol–water partition coefficient (Wildman–Crippen LogP) is 1.08. The Kier molecular flexibility index (Phi) is 4.74. The van der Waals surface area contributed by atoms with Crippen molar-refractivity contribution in [1.82, 2.24) is 14.7 Å². The summed E-state index contributed by atoms with van der Waals surface area (Å²) >= 11 is 0. The minimum absolute atomic E-state index is 0.280. The molecule has 1 aromatic rings. The SMILES string of the molecule is C/C=C(\C)CN1CCCn2nc([C@H](O)CO)cc2C1. The van der Waals surface area contributed by atoms with E-state index >= 15 is 0 Å². The number of allylic oxidation sites excluding steroid dienone is 1. The van der Waals surface area contributed by atoms with Crippen LogP contribution in [0.3, 0.4) is 0 Å². The lowest BCUT2D eigenvalue weighted by molar-refractivity contribution is 0.0916. The van der Waals surface area contributed by atoms with Gasteiger partial charge in [0.05, 0.1) is 18.0 Å². The molecule has 0 amide bonds. The van der Waals surface area contributed by atoms with Crippen LogP contribution in [0.5, 0.6) is 0 Å². The molecule has 2 heterocycles. The average Bonchev–Trinajstić information content (AvgIpc) is 2.71. The third kappa shape index (κ3) is 3.43. The Morgan fingerprint density at radius 1 is 1.53 bits per heavy atom. The van der Waals surface area contributed by atoms with Gasteiger partial charge < -0.3 is 10.2 Å². The van der Waals surface area contributed by atoms with Gasteiger partial charge in [-0.1, -0.05) is 11.6 Å². The second kappa shape index (κ2) is 6.32. The molecule has 106 valence electrons. The summed E-state index contributed by atoms with van der Waals surface area (Å²) in [5, 5.41) is 23.0. The van der Waals surface area contributed by atoms with Crippen molar-refractivity contribution < 1.29 is 10.2 Å². The van der Waals surface area contributed by atoms with Crippen molar-refractivity contribution in [2.24, 2.45) is 0 Å². The molecule has 1 atom stereocenters. The number of aromatic nitrogens is 2. The molecule has 0 spiro atoms. The third-order valence-electron chi connectivity index (χ3n) is 3.59. The van der Waals surface area contributed by atoms with Crippen LogP contribution in [0.4, 0.5) is 0 Å². The molecule has 0 radical (unpaired) electrons. The highest BCUT2D eigenvalue weighted by Gasteiger charge is 2.19. The number of rotatable bonds is 4. The summed E-state index contributed by atoms with van der Waals surface area (Å²) in [5.74, 6) is 0. The van der Waals surface area contributed by atoms with Crippen LogP contribution in [0.1, 0.15) is 37.8 Å². The van der Waals surface area contributed by atoms with Crippen LogP contribution in [0, 0.1) is 0 Å². The maximum Gasteiger partial charge on any atom is 0.121 e. The third-order valence-corrected chi connectivity index (χ3v) is 3.59. The fourth-order valence-electron chi connectivity index (χ4n) is 2.39. The predicted molar refractivity (Wildman–Crippen MR) is 73.6 cm³/mol. The molecule has 19 heavy (non-hydrogen) atoms. The van der Waals surface area contributed by atoms with Gasteiger partial charge in [0.15, 0.2) is 0 Å². The van der Waals surface area contributed by atoms with Crippen molar-refractivity contribution >= 4 is 0 Å². The number of aryl methyl sites for hydroxylation is 1. The molecular weight excluding hydrogens is 242 g/mol. The number of hydrogen-bond acceptors (Lipinski definition) is 4. The van der Waals surface area contributed by atoms with Crippen molar-refractivity contribution in [2.75, 3.05) is 19.7 Å². The Morgan fingerprint density at radius 3 is 3.00 bits per heavy atom. The van der Waals surface area contributed by atoms with Gasteiger partial charge in [0, 0.05) is 26.2 Å². The molecule has 0 bridgehead atoms. The van der Waals surface area contributed by atoms with Gasteiger partial charge in [-0.3, -0.25) is 9.58 Å². The van der Waals surface area contributed by atoms with Crippen LogP contribution in [0.25, 0.3) is 0 Å². The summed E-state index contributed by atoms with van der Waals surface area (Å²) in [6.45, 7) is 7.68. The molecule has 0 saturated carbocycles. The van der Waals surface area contributed by atoms with Crippen molar-refractivity contribution in [2.45, 2.75) is 39.5 Å². The molecule has 1 aromatic heterocycles. The zero-order valence-electron chi connectivity index (χ0n) is 11.7. The van der Waals surface area contributed by atoms with Gasteiger partial charge in [-0.05, 0) is 26.3 Å². The van der Waals surface area contributed by atoms with Gasteiger partial charge in [-0.2, -0.15) is 5.10 Å². The summed E-state index contributed by atoms with van der Waals surface area (Å²) in [5.41, 5.74) is 3.05. The van der Waals surface area contributed by atoms with Crippen molar-refractivity contribution in [3.8, 4) is 0 Å². The van der Waals surface area contributed by atoms with E-state index in [2.05, 4.69) is 29.9 Å². The Morgan fingerprint density at radius 2 is 2.32 bits per heavy atom. The molecule has 0 saturated heterocycles. The van der Waals surface area contributed by atoms with Gasteiger partial charge >= 0.3 is 0 Å². The molecule has 5 nitrogen and oxygen atoms in total. The molecule has 1 aliphatic heterocycles. The van der Waals surface area contributed by atoms with E-state index < -0.39 is 6.10 Å². The molecule has 1 aliphatic rings. The van der Waals surface area contributed by atoms with Gasteiger partial charge in [0.1, 0.15) is 6.10 Å². The molecule has 2 N–H and O–H groups in total. The highest BCUT2D eigenvalue weighted by Crippen LogP contribution is 2.18. The Balaban J connectivity index is 2.12. The van der Waals surface area contributed by atoms with E-state index in [0.717, 1.165) is 38.3 Å². The Labute approximate surface area is 114 Å². The summed E-state index contributed by atoms with van der Waals surface area (Å²) in [6, 6.07) is 1.91. The largest absolute Gasteiger partial charge is 0.393 e. The lowest BCUT2D eigenvalue weighted by Crippen LogP contribution is -2.25. The lowest BCUT2D eigenvalue weighted by atomic mass is 10.2. The van der Waals surface area contributed by atoms with Gasteiger partial charge in [-0.25, -0.2) is 0 Å². The van der Waals surface area contributed by atoms with Crippen LogP contribution in [0.2, 0.25) is 0 Å². The number of aliphatic hydroxyl groups is 2. The van der Waals surface area contributed by atoms with Gasteiger partial charge in [0.25, 0.3) is 0 Å². The molecule has 0 unspecified atom stereocenters. The second-order valence-electron chi connectivity index (χ2n) is 5.18. The number of aliphatic hydroxyl groups excluding tert-OH is 2. The van der Waals surface area contributed by atoms with E-state index in [9.17, 15) is 5.11 Å². The Bertz CT molecular complexity index is 454. The highest BCUT2D eigenvalue weighted by atomic mass is 16.3. The number of nitrogens with zero attached hydrogens (tertiary/aromatic N) is 3. The topological polar surface area (TPSA) is 61.5 Å². The summed E-state index contributed by atoms with van der Waals surface area (Å²) in [6.07, 6.45) is 2.33. The second-order valence-corrected chi connectivity index (χ2v) is 5.18. The van der Waals surface area contributed by atoms with E-state index in [1.807, 2.05) is 10.7 Å². The molecule has 2 rings (SSSR count). The Hall–Kier alpha value is -1.17. The van der Waals surface area contributed by atoms with Crippen LogP contribution >= 0.6 is 0 Å². The standard InChI is InChI=1S/C14H23N3O2/c1-3-11(2)8-16-5-4-6-17-12(9-16)7-13(15-17)14(19)10-18/h3,7,14,18-19H,4-6,8-10H2,1-2H3/b11-3+/t14-/m1/s1. The highest BCUT2D eigenvalue weighted by molar-refractivity contribution is 5.14. The van der Waals surface area contributed by atoms with Crippen LogP contribution in [0.15, 0.2) is 17.7 Å². The maximum absolute atomic E-state index is 9.65. The molecule has 5 heteroatoms. The van der Waals surface area contributed by atoms with Crippen LogP contribution in [-0.2, 0) is 13.1 Å². The average molecular weight is 265 g/mol. The fourth-order valence-corrected chi connectivity index (χ4v) is 2.39. The monoisotopic (exact) mass is 265 g/mol. The summed E-state index contributed by atoms with van der Waals surface area (Å²) in [7, 11) is 0. The van der Waals surface area contributed by atoms with E-state index in [-0.39, 0.29) is 6.61 Å². The quantitative estimate of drug-likeness (QED) is 0.800. The van der Waals surface area contributed by atoms with Crippen LogP contribution in [-0.4, -0.2) is 44.6 Å². The number of fused-ring (bicyclic) bond motifs is 1. The first-order valence-electron chi connectivity index (χ1n) is 6.83. The first-order chi connectivity index (χ1) is 9.13. The first kappa shape index (κ1) is 14.2. The van der Waals surface area contributed by atoms with E-state index in [1.54, 1.807) is 0 Å². The zero-order valence-corrected chi connectivity index (χ0v) is 11.7. The molecule has 0 aliphatic carbocycles. The lowest BCUT2D eigenvalue weighted by Gasteiger charge is -2.19. The smallest absolute Gasteiger partial charge is 0.121 e. The zero-order chi connectivity index (χ0) is 13.8. The normalized spacial score (nSPS) is 19.1. The summed E-state index contributed by atoms with van der Waals surface area (Å²) < 4.78 is 1.96. The fraction of sp³-hybridized carbons (Fsp3) is 0.643. The number of hydrogen-bond donors (Lipinski definition) is 2. The van der Waals surface area contributed by atoms with Gasteiger partial charge in [-0.15, -0.1) is 0 Å².